The first-order valence-electron chi connectivity index (χ1n) is 8.21. The zero-order valence-electron chi connectivity index (χ0n) is 15.0. The van der Waals surface area contributed by atoms with Crippen molar-refractivity contribution in [2.45, 2.75) is 45.3 Å². The van der Waals surface area contributed by atoms with Crippen LogP contribution in [0.2, 0.25) is 5.02 Å². The van der Waals surface area contributed by atoms with Crippen molar-refractivity contribution in [3.63, 3.8) is 0 Å². The number of carbonyl (C=O) groups excluding carboxylic acids is 2. The molecule has 1 aromatic heterocycles. The number of hydrogen-bond donors (Lipinski definition) is 2. The van der Waals surface area contributed by atoms with Gasteiger partial charge in [0.2, 0.25) is 11.8 Å². The van der Waals surface area contributed by atoms with Crippen molar-refractivity contribution in [2.24, 2.45) is 5.73 Å². The second kappa shape index (κ2) is 9.05. The molecule has 0 atom stereocenters. The van der Waals surface area contributed by atoms with Crippen LogP contribution in [0, 0.1) is 13.8 Å². The third-order valence-electron chi connectivity index (χ3n) is 3.73. The lowest BCUT2D eigenvalue weighted by molar-refractivity contribution is -0.118. The molecule has 0 bridgehead atoms. The van der Waals surface area contributed by atoms with Gasteiger partial charge in [0.1, 0.15) is 5.82 Å². The molecule has 0 aliphatic rings. The summed E-state index contributed by atoms with van der Waals surface area (Å²) in [7, 11) is 0. The zero-order chi connectivity index (χ0) is 19.3. The van der Waals surface area contributed by atoms with Crippen LogP contribution in [-0.2, 0) is 22.6 Å². The molecule has 0 radical (unpaired) electrons. The number of hydrogen-bond acceptors (Lipinski definition) is 5. The van der Waals surface area contributed by atoms with Crippen molar-refractivity contribution in [3.05, 3.63) is 34.1 Å². The predicted octanol–water partition coefficient (Wildman–Crippen LogP) is 2.72. The highest BCUT2D eigenvalue weighted by Gasteiger charge is 2.15. The van der Waals surface area contributed by atoms with Crippen LogP contribution in [0.25, 0.3) is 0 Å². The number of amides is 2. The molecule has 140 valence electrons. The van der Waals surface area contributed by atoms with Crippen LogP contribution >= 0.6 is 23.4 Å². The summed E-state index contributed by atoms with van der Waals surface area (Å²) in [5.74, 6) is 0.312. The Bertz CT molecular complexity index is 798. The third-order valence-corrected chi connectivity index (χ3v) is 5.00. The lowest BCUT2D eigenvalue weighted by Crippen LogP contribution is -2.16. The summed E-state index contributed by atoms with van der Waals surface area (Å²) in [6.45, 7) is 6.46. The van der Waals surface area contributed by atoms with Crippen molar-refractivity contribution < 1.29 is 9.59 Å². The number of thioether (sulfide) groups is 1. The molecule has 2 rings (SSSR count). The lowest BCUT2D eigenvalue weighted by atomic mass is 10.1. The minimum Gasteiger partial charge on any atom is -0.370 e. The van der Waals surface area contributed by atoms with E-state index >= 15 is 0 Å². The molecule has 7 nitrogen and oxygen atoms in total. The molecule has 0 saturated carbocycles. The normalized spacial score (nSPS) is 10.8. The predicted molar refractivity (Wildman–Crippen MR) is 103 cm³/mol. The highest BCUT2D eigenvalue weighted by molar-refractivity contribution is 7.99. The molecule has 1 aromatic carbocycles. The summed E-state index contributed by atoms with van der Waals surface area (Å²) in [6.07, 6.45) is 0.648. The number of nitrogens with zero attached hydrogens (tertiary/aromatic N) is 3. The van der Waals surface area contributed by atoms with Crippen LogP contribution in [0.3, 0.4) is 0 Å². The van der Waals surface area contributed by atoms with Crippen LogP contribution in [0.4, 0.5) is 5.69 Å². The van der Waals surface area contributed by atoms with Gasteiger partial charge in [0, 0.05) is 19.4 Å². The molecule has 0 saturated heterocycles. The van der Waals surface area contributed by atoms with E-state index in [1.807, 2.05) is 37.5 Å². The fourth-order valence-electron chi connectivity index (χ4n) is 2.54. The summed E-state index contributed by atoms with van der Waals surface area (Å²) >= 11 is 7.51. The number of rotatable bonds is 8. The Hall–Kier alpha value is -2.06. The monoisotopic (exact) mass is 395 g/mol. The van der Waals surface area contributed by atoms with E-state index in [0.717, 1.165) is 11.1 Å². The number of benzene rings is 1. The van der Waals surface area contributed by atoms with E-state index in [9.17, 15) is 9.59 Å². The summed E-state index contributed by atoms with van der Waals surface area (Å²) in [6, 6.07) is 3.78. The summed E-state index contributed by atoms with van der Waals surface area (Å²) < 4.78 is 1.88. The van der Waals surface area contributed by atoms with E-state index in [2.05, 4.69) is 15.5 Å². The van der Waals surface area contributed by atoms with E-state index in [4.69, 9.17) is 17.3 Å². The molecule has 0 fully saturated rings. The maximum atomic E-state index is 12.3. The van der Waals surface area contributed by atoms with Gasteiger partial charge in [0.15, 0.2) is 5.16 Å². The Morgan fingerprint density at radius 2 is 2.04 bits per heavy atom. The minimum absolute atomic E-state index is 0.173. The largest absolute Gasteiger partial charge is 0.370 e. The van der Waals surface area contributed by atoms with Crippen LogP contribution < -0.4 is 11.1 Å². The van der Waals surface area contributed by atoms with Crippen molar-refractivity contribution in [3.8, 4) is 0 Å². The summed E-state index contributed by atoms with van der Waals surface area (Å²) in [5.41, 5.74) is 7.76. The number of aromatic nitrogens is 3. The van der Waals surface area contributed by atoms with Gasteiger partial charge in [-0.15, -0.1) is 10.2 Å². The molecule has 0 aliphatic heterocycles. The van der Waals surface area contributed by atoms with Gasteiger partial charge in [-0.05, 0) is 38.0 Å². The molecule has 1 heterocycles. The lowest BCUT2D eigenvalue weighted by Gasteiger charge is -2.11. The SMILES string of the molecule is CCn1c(CCC(N)=O)nnc1SCC(=O)Nc1c(C)cc(C)cc1Cl. The molecule has 0 unspecified atom stereocenters. The Morgan fingerprint density at radius 1 is 1.31 bits per heavy atom. The van der Waals surface area contributed by atoms with Gasteiger partial charge in [0.05, 0.1) is 16.5 Å². The molecule has 2 aromatic rings. The fourth-order valence-corrected chi connectivity index (χ4v) is 3.73. The molecular formula is C17H22ClN5O2S. The standard InChI is InChI=1S/C17H22ClN5O2S/c1-4-23-14(6-5-13(19)24)21-22-17(23)26-9-15(25)20-16-11(3)7-10(2)8-12(16)18/h7-8H,4-6,9H2,1-3H3,(H2,19,24)(H,20,25). The van der Waals surface area contributed by atoms with Gasteiger partial charge in [-0.2, -0.15) is 0 Å². The van der Waals surface area contributed by atoms with E-state index in [1.54, 1.807) is 0 Å². The summed E-state index contributed by atoms with van der Waals surface area (Å²) in [4.78, 5) is 23.2. The number of nitrogens with one attached hydrogen (secondary N) is 1. The topological polar surface area (TPSA) is 103 Å². The number of carbonyl (C=O) groups is 2. The maximum absolute atomic E-state index is 12.3. The van der Waals surface area contributed by atoms with Crippen LogP contribution in [-0.4, -0.2) is 32.3 Å². The van der Waals surface area contributed by atoms with Gasteiger partial charge in [0.25, 0.3) is 0 Å². The van der Waals surface area contributed by atoms with Crippen molar-refractivity contribution in [2.75, 3.05) is 11.1 Å². The van der Waals surface area contributed by atoms with Crippen LogP contribution in [0.1, 0.15) is 30.3 Å². The Labute approximate surface area is 161 Å². The molecule has 2 amide bonds. The molecule has 26 heavy (non-hydrogen) atoms. The van der Waals surface area contributed by atoms with Crippen LogP contribution in [0.5, 0.6) is 0 Å². The van der Waals surface area contributed by atoms with E-state index in [-0.39, 0.29) is 24.0 Å². The van der Waals surface area contributed by atoms with Crippen LogP contribution in [0.15, 0.2) is 17.3 Å². The average Bonchev–Trinajstić information content (AvgIpc) is 2.96. The zero-order valence-corrected chi connectivity index (χ0v) is 16.6. The van der Waals surface area contributed by atoms with Gasteiger partial charge in [-0.3, -0.25) is 9.59 Å². The summed E-state index contributed by atoms with van der Waals surface area (Å²) in [5, 5.41) is 12.2. The average molecular weight is 396 g/mol. The Kier molecular flexibility index (Phi) is 7.05. The number of aryl methyl sites for hydroxylation is 3. The molecule has 0 aliphatic carbocycles. The van der Waals surface area contributed by atoms with Gasteiger partial charge >= 0.3 is 0 Å². The Balaban J connectivity index is 2.00. The fraction of sp³-hybridized carbons (Fsp3) is 0.412. The van der Waals surface area contributed by atoms with Crippen molar-refractivity contribution in [1.82, 2.24) is 14.8 Å². The minimum atomic E-state index is -0.380. The van der Waals surface area contributed by atoms with Gasteiger partial charge in [-0.25, -0.2) is 0 Å². The van der Waals surface area contributed by atoms with Gasteiger partial charge in [-0.1, -0.05) is 29.4 Å². The van der Waals surface area contributed by atoms with E-state index < -0.39 is 0 Å². The highest BCUT2D eigenvalue weighted by atomic mass is 35.5. The van der Waals surface area contributed by atoms with Crippen molar-refractivity contribution >= 4 is 40.9 Å². The number of nitrogens with two attached hydrogens (primary N) is 1. The Morgan fingerprint density at radius 3 is 2.65 bits per heavy atom. The molecular weight excluding hydrogens is 374 g/mol. The third kappa shape index (κ3) is 5.22. The first-order chi connectivity index (χ1) is 12.3. The highest BCUT2D eigenvalue weighted by Crippen LogP contribution is 2.27. The molecule has 0 spiro atoms. The first kappa shape index (κ1) is 20.3. The maximum Gasteiger partial charge on any atom is 0.234 e. The second-order valence-electron chi connectivity index (χ2n) is 5.88. The molecule has 9 heteroatoms. The second-order valence-corrected chi connectivity index (χ2v) is 7.23. The molecule has 3 N–H and O–H groups in total. The van der Waals surface area contributed by atoms with Crippen molar-refractivity contribution in [1.29, 1.82) is 0 Å². The van der Waals surface area contributed by atoms with Gasteiger partial charge < -0.3 is 15.6 Å². The van der Waals surface area contributed by atoms with E-state index in [0.29, 0.717) is 34.7 Å². The number of primary amides is 1. The quantitative estimate of drug-likeness (QED) is 0.669. The number of halogens is 1. The number of anilines is 1. The van der Waals surface area contributed by atoms with E-state index in [1.165, 1.54) is 11.8 Å². The first-order valence-corrected chi connectivity index (χ1v) is 9.58. The smallest absolute Gasteiger partial charge is 0.234 e.